The number of benzene rings is 4. The van der Waals surface area contributed by atoms with E-state index in [1.165, 1.54) is 16.8 Å². The third kappa shape index (κ3) is 7.38. The molecule has 0 spiro atoms. The van der Waals surface area contributed by atoms with Crippen molar-refractivity contribution < 1.29 is 24.1 Å². The second-order valence-electron chi connectivity index (χ2n) is 11.2. The summed E-state index contributed by atoms with van der Waals surface area (Å²) in [7, 11) is 0. The lowest BCUT2D eigenvalue weighted by Crippen LogP contribution is -2.21. The predicted molar refractivity (Wildman–Crippen MR) is 187 cm³/mol. The van der Waals surface area contributed by atoms with Gasteiger partial charge in [-0.15, -0.1) is 0 Å². The molecule has 1 heterocycles. The monoisotopic (exact) mass is 697 g/mol. The molecule has 47 heavy (non-hydrogen) atoms. The van der Waals surface area contributed by atoms with Crippen LogP contribution in [-0.2, 0) is 6.61 Å². The average molecular weight is 699 g/mol. The molecule has 9 nitrogen and oxygen atoms in total. The molecular weight excluding hydrogens is 662 g/mol. The first kappa shape index (κ1) is 33.4. The number of hydrogen-bond donors (Lipinski definition) is 1. The molecule has 5 aromatic rings. The first-order valence-electron chi connectivity index (χ1n) is 15.4. The number of halogens is 1. The van der Waals surface area contributed by atoms with E-state index in [4.69, 9.17) is 19.2 Å². The second kappa shape index (κ2) is 14.6. The lowest BCUT2D eigenvalue weighted by Gasteiger charge is -2.18. The molecule has 0 saturated carbocycles. The fourth-order valence-electron chi connectivity index (χ4n) is 5.16. The summed E-state index contributed by atoms with van der Waals surface area (Å²) < 4.78 is 19.9. The maximum absolute atomic E-state index is 13.9. The van der Waals surface area contributed by atoms with E-state index >= 15 is 0 Å². The fourth-order valence-corrected chi connectivity index (χ4v) is 5.74. The molecule has 0 amide bonds. The molecule has 0 radical (unpaired) electrons. The minimum atomic E-state index is -0.986. The molecule has 10 heteroatoms. The van der Waals surface area contributed by atoms with Crippen molar-refractivity contribution in [2.24, 2.45) is 5.10 Å². The van der Waals surface area contributed by atoms with E-state index in [2.05, 4.69) is 34.9 Å². The summed E-state index contributed by atoms with van der Waals surface area (Å²) in [5, 5.41) is 14.3. The van der Waals surface area contributed by atoms with E-state index < -0.39 is 5.97 Å². The molecule has 0 fully saturated rings. The van der Waals surface area contributed by atoms with Crippen LogP contribution < -0.4 is 19.8 Å². The molecule has 0 aliphatic rings. The van der Waals surface area contributed by atoms with Gasteiger partial charge < -0.3 is 19.3 Å². The van der Waals surface area contributed by atoms with Gasteiger partial charge in [0.25, 0.3) is 5.56 Å². The zero-order valence-electron chi connectivity index (χ0n) is 26.9. The number of hydrogen-bond acceptors (Lipinski definition) is 7. The smallest absolute Gasteiger partial charge is 0.335 e. The van der Waals surface area contributed by atoms with Crippen LogP contribution in [0.25, 0.3) is 22.3 Å². The van der Waals surface area contributed by atoms with Crippen LogP contribution in [0, 0.1) is 6.92 Å². The number of nitrogens with zero attached hydrogens (tertiary/aromatic N) is 3. The third-order valence-electron chi connectivity index (χ3n) is 7.51. The Morgan fingerprint density at radius 2 is 1.68 bits per heavy atom. The van der Waals surface area contributed by atoms with E-state index in [-0.39, 0.29) is 23.6 Å². The van der Waals surface area contributed by atoms with Crippen molar-refractivity contribution in [3.05, 3.63) is 115 Å². The Bertz CT molecular complexity index is 2020. The molecule has 0 aliphatic carbocycles. The van der Waals surface area contributed by atoms with E-state index in [1.807, 2.05) is 57.2 Å². The van der Waals surface area contributed by atoms with Crippen molar-refractivity contribution >= 4 is 39.0 Å². The van der Waals surface area contributed by atoms with E-state index in [9.17, 15) is 14.7 Å². The molecule has 0 aliphatic heterocycles. The highest BCUT2D eigenvalue weighted by Gasteiger charge is 2.19. The van der Waals surface area contributed by atoms with Gasteiger partial charge in [-0.3, -0.25) is 4.79 Å². The van der Waals surface area contributed by atoms with Crippen LogP contribution in [0.2, 0.25) is 0 Å². The van der Waals surface area contributed by atoms with Gasteiger partial charge in [-0.1, -0.05) is 38.1 Å². The van der Waals surface area contributed by atoms with Crippen molar-refractivity contribution in [2.75, 3.05) is 13.2 Å². The number of carboxylic acid groups (broad SMARTS) is 1. The average Bonchev–Trinajstić information content (AvgIpc) is 3.04. The number of ether oxygens (including phenoxy) is 3. The highest BCUT2D eigenvalue weighted by Crippen LogP contribution is 2.38. The van der Waals surface area contributed by atoms with Gasteiger partial charge in [0.15, 0.2) is 17.3 Å². The molecule has 0 saturated heterocycles. The fraction of sp³-hybridized carbons (Fsp3) is 0.243. The Hall–Kier alpha value is -4.96. The number of aromatic carboxylic acids is 1. The second-order valence-corrected chi connectivity index (χ2v) is 12.0. The maximum Gasteiger partial charge on any atom is 0.335 e. The van der Waals surface area contributed by atoms with E-state index in [1.54, 1.807) is 30.5 Å². The molecule has 0 unspecified atom stereocenters. The summed E-state index contributed by atoms with van der Waals surface area (Å²) >= 11 is 3.61. The first-order valence-corrected chi connectivity index (χ1v) is 16.2. The summed E-state index contributed by atoms with van der Waals surface area (Å²) in [6.45, 7) is 11.2. The predicted octanol–water partition coefficient (Wildman–Crippen LogP) is 8.21. The zero-order chi connectivity index (χ0) is 33.7. The highest BCUT2D eigenvalue weighted by molar-refractivity contribution is 9.10. The summed E-state index contributed by atoms with van der Waals surface area (Å²) in [6.07, 6.45) is 1.59. The molecule has 5 rings (SSSR count). The Morgan fingerprint density at radius 3 is 2.36 bits per heavy atom. The van der Waals surface area contributed by atoms with Gasteiger partial charge in [0.05, 0.1) is 40.4 Å². The molecular formula is C37H36BrN3O6. The number of carboxylic acids is 1. The largest absolute Gasteiger partial charge is 0.494 e. The molecule has 242 valence electrons. The lowest BCUT2D eigenvalue weighted by atomic mass is 9.96. The van der Waals surface area contributed by atoms with Crippen molar-refractivity contribution in [3.63, 3.8) is 0 Å². The number of aryl methyl sites for hydroxylation is 1. The summed E-state index contributed by atoms with van der Waals surface area (Å²) in [4.78, 5) is 30.0. The van der Waals surface area contributed by atoms with Gasteiger partial charge in [-0.05, 0) is 113 Å². The number of aromatic nitrogens is 2. The van der Waals surface area contributed by atoms with Crippen LogP contribution in [0.5, 0.6) is 17.2 Å². The quantitative estimate of drug-likeness (QED) is 0.131. The molecule has 0 atom stereocenters. The third-order valence-corrected chi connectivity index (χ3v) is 8.10. The van der Waals surface area contributed by atoms with Gasteiger partial charge in [0, 0.05) is 5.56 Å². The van der Waals surface area contributed by atoms with Gasteiger partial charge in [-0.25, -0.2) is 9.78 Å². The topological polar surface area (TPSA) is 112 Å². The summed E-state index contributed by atoms with van der Waals surface area (Å²) in [5.74, 6) is 1.40. The van der Waals surface area contributed by atoms with Crippen molar-refractivity contribution in [2.45, 2.75) is 47.1 Å². The Labute approximate surface area is 281 Å². The van der Waals surface area contributed by atoms with Crippen molar-refractivity contribution in [3.8, 4) is 28.6 Å². The van der Waals surface area contributed by atoms with Crippen molar-refractivity contribution in [1.29, 1.82) is 0 Å². The van der Waals surface area contributed by atoms with Crippen LogP contribution in [-0.4, -0.2) is 40.2 Å². The minimum absolute atomic E-state index is 0.180. The summed E-state index contributed by atoms with van der Waals surface area (Å²) in [5.41, 5.74) is 4.67. The standard InChI is InChI=1S/C37H36BrN3O6/c1-6-45-32-16-23(5)29(19-28(32)22(3)4)35-40-31-11-9-8-10-27(31)36(42)41(35)39-20-25-17-30(38)34(33(18-25)46-7-2)47-21-24-12-14-26(15-13-24)37(43)44/h8-20,22H,6-7,21H2,1-5H3,(H,43,44). The Balaban J connectivity index is 1.56. The Kier molecular flexibility index (Phi) is 10.4. The normalized spacial score (nSPS) is 11.4. The molecule has 1 N–H and O–H groups in total. The van der Waals surface area contributed by atoms with Gasteiger partial charge in [-0.2, -0.15) is 9.78 Å². The van der Waals surface area contributed by atoms with E-state index in [0.29, 0.717) is 51.5 Å². The SMILES string of the molecule is CCOc1cc(C)c(-c2nc3ccccc3c(=O)n2N=Cc2cc(Br)c(OCc3ccc(C(=O)O)cc3)c(OCC)c2)cc1C(C)C. The van der Waals surface area contributed by atoms with Crippen molar-refractivity contribution in [1.82, 2.24) is 9.66 Å². The Morgan fingerprint density at radius 1 is 0.979 bits per heavy atom. The minimum Gasteiger partial charge on any atom is -0.494 e. The van der Waals surface area contributed by atoms with Gasteiger partial charge in [0.1, 0.15) is 12.4 Å². The van der Waals surface area contributed by atoms with Crippen LogP contribution in [0.4, 0.5) is 0 Å². The number of fused-ring (bicyclic) bond motifs is 1. The number of para-hydroxylation sites is 1. The molecule has 1 aromatic heterocycles. The first-order chi connectivity index (χ1) is 22.6. The van der Waals surface area contributed by atoms with Crippen LogP contribution in [0.1, 0.15) is 66.2 Å². The van der Waals surface area contributed by atoms with Crippen LogP contribution in [0.15, 0.2) is 87.2 Å². The van der Waals surface area contributed by atoms with Crippen LogP contribution in [0.3, 0.4) is 0 Å². The number of rotatable bonds is 12. The number of carbonyl (C=O) groups is 1. The lowest BCUT2D eigenvalue weighted by molar-refractivity contribution is 0.0697. The zero-order valence-corrected chi connectivity index (χ0v) is 28.5. The van der Waals surface area contributed by atoms with E-state index in [0.717, 1.165) is 28.0 Å². The highest BCUT2D eigenvalue weighted by atomic mass is 79.9. The van der Waals surface area contributed by atoms with Gasteiger partial charge >= 0.3 is 5.97 Å². The maximum atomic E-state index is 13.9. The molecule has 4 aromatic carbocycles. The van der Waals surface area contributed by atoms with Crippen LogP contribution >= 0.6 is 15.9 Å². The molecule has 0 bridgehead atoms. The van der Waals surface area contributed by atoms with Gasteiger partial charge in [0.2, 0.25) is 0 Å². The summed E-state index contributed by atoms with van der Waals surface area (Å²) in [6, 6.07) is 21.4.